The predicted octanol–water partition coefficient (Wildman–Crippen LogP) is 9.18. The second-order valence-electron chi connectivity index (χ2n) is 11.6. The summed E-state index contributed by atoms with van der Waals surface area (Å²) in [4.78, 5) is 6.06. The Kier molecular flexibility index (Phi) is 10.2. The van der Waals surface area contributed by atoms with Crippen LogP contribution in [-0.2, 0) is 0 Å². The Hall–Kier alpha value is -2.30. The molecule has 0 bridgehead atoms. The maximum Gasteiger partial charge on any atom is 0.0502 e. The van der Waals surface area contributed by atoms with Crippen molar-refractivity contribution in [1.29, 1.82) is 0 Å². The summed E-state index contributed by atoms with van der Waals surface area (Å²) in [7, 11) is -1.91. The molecule has 0 heterocycles. The fourth-order valence-corrected chi connectivity index (χ4v) is 11.2. The first-order chi connectivity index (χ1) is 18.7. The molecule has 0 unspecified atom stereocenters. The quantitative estimate of drug-likeness (QED) is 0.174. The lowest BCUT2D eigenvalue weighted by molar-refractivity contribution is 0.871. The molecule has 0 fully saturated rings. The van der Waals surface area contributed by atoms with Gasteiger partial charge in [-0.1, -0.05) is 152 Å². The average molecular weight is 553 g/mol. The molecular weight excluding hydrogens is 508 g/mol. The molecule has 3 heteroatoms. The zero-order valence-corrected chi connectivity index (χ0v) is 26.7. The molecule has 0 aliphatic rings. The van der Waals surface area contributed by atoms with Crippen LogP contribution >= 0.6 is 16.1 Å². The zero-order valence-electron chi connectivity index (χ0n) is 24.9. The minimum absolute atomic E-state index is 0.435. The van der Waals surface area contributed by atoms with E-state index in [4.69, 9.17) is 4.86 Å². The van der Waals surface area contributed by atoms with Gasteiger partial charge in [-0.05, 0) is 45.9 Å². The van der Waals surface area contributed by atoms with Crippen molar-refractivity contribution in [3.63, 3.8) is 0 Å². The lowest BCUT2D eigenvalue weighted by Crippen LogP contribution is -2.29. The van der Waals surface area contributed by atoms with Crippen molar-refractivity contribution in [1.82, 2.24) is 4.86 Å². The molecule has 203 valence electrons. The van der Waals surface area contributed by atoms with Crippen LogP contribution in [0.15, 0.2) is 97.1 Å². The van der Waals surface area contributed by atoms with Crippen LogP contribution in [0.25, 0.3) is 0 Å². The molecule has 4 aromatic carbocycles. The van der Waals surface area contributed by atoms with Crippen LogP contribution in [-0.4, -0.2) is 0 Å². The predicted molar refractivity (Wildman–Crippen MR) is 177 cm³/mol. The average Bonchev–Trinajstić information content (AvgIpc) is 2.93. The third-order valence-electron chi connectivity index (χ3n) is 7.33. The van der Waals surface area contributed by atoms with Crippen molar-refractivity contribution < 1.29 is 0 Å². The van der Waals surface area contributed by atoms with Crippen molar-refractivity contribution in [2.45, 2.75) is 79.1 Å². The van der Waals surface area contributed by atoms with Gasteiger partial charge in [0, 0.05) is 21.2 Å². The van der Waals surface area contributed by atoms with E-state index in [1.165, 1.54) is 43.5 Å². The Morgan fingerprint density at radius 2 is 0.564 bits per heavy atom. The topological polar surface area (TPSA) is 14.1 Å². The number of benzene rings is 4. The van der Waals surface area contributed by atoms with Gasteiger partial charge < -0.3 is 0 Å². The van der Waals surface area contributed by atoms with Crippen LogP contribution in [0.3, 0.4) is 0 Å². The third-order valence-corrected chi connectivity index (χ3v) is 12.2. The van der Waals surface area contributed by atoms with Crippen molar-refractivity contribution in [3.8, 4) is 0 Å². The smallest absolute Gasteiger partial charge is 0.0502 e. The summed E-state index contributed by atoms with van der Waals surface area (Å²) < 4.78 is 0. The highest BCUT2D eigenvalue weighted by atomic mass is 31.2. The summed E-state index contributed by atoms with van der Waals surface area (Å²) in [5, 5.41) is 5.58. The molecule has 4 rings (SSSR count). The molecule has 0 atom stereocenters. The molecule has 0 amide bonds. The Morgan fingerprint density at radius 3 is 0.769 bits per heavy atom. The van der Waals surface area contributed by atoms with E-state index in [9.17, 15) is 0 Å². The van der Waals surface area contributed by atoms with E-state index in [2.05, 4.69) is 152 Å². The van der Waals surface area contributed by atoms with Gasteiger partial charge in [0.05, 0.1) is 16.1 Å². The summed E-state index contributed by atoms with van der Waals surface area (Å²) in [5.74, 6) is 1.74. The molecule has 0 aliphatic heterocycles. The summed E-state index contributed by atoms with van der Waals surface area (Å²) in [5.41, 5.74) is 5.65. The van der Waals surface area contributed by atoms with E-state index in [0.29, 0.717) is 23.7 Å². The van der Waals surface area contributed by atoms with Gasteiger partial charge in [-0.3, -0.25) is 0 Å². The van der Waals surface area contributed by atoms with Crippen LogP contribution < -0.4 is 26.1 Å². The number of nitrogens with zero attached hydrogens (tertiary/aromatic N) is 1. The van der Waals surface area contributed by atoms with Gasteiger partial charge >= 0.3 is 0 Å². The molecule has 39 heavy (non-hydrogen) atoms. The summed E-state index contributed by atoms with van der Waals surface area (Å²) in [6.07, 6.45) is 0. The maximum absolute atomic E-state index is 6.06. The Bertz CT molecular complexity index is 1160. The van der Waals surface area contributed by atoms with E-state index >= 15 is 0 Å². The molecule has 1 nitrogen and oxygen atoms in total. The number of hydrogen-bond donors (Lipinski definition) is 0. The van der Waals surface area contributed by atoms with E-state index in [-0.39, 0.29) is 0 Å². The summed E-state index contributed by atoms with van der Waals surface area (Å²) >= 11 is 0. The van der Waals surface area contributed by atoms with Crippen LogP contribution in [0.5, 0.6) is 0 Å². The summed E-state index contributed by atoms with van der Waals surface area (Å²) in [6, 6.07) is 36.2. The molecular formula is C36H44NP2. The molecule has 0 spiro atoms. The summed E-state index contributed by atoms with van der Waals surface area (Å²) in [6.45, 7) is 18.5. The first-order valence-electron chi connectivity index (χ1n) is 14.4. The molecule has 0 N–H and O–H groups in total. The second kappa shape index (κ2) is 13.4. The molecule has 0 aliphatic carbocycles. The fourth-order valence-electron chi connectivity index (χ4n) is 5.22. The van der Waals surface area contributed by atoms with Gasteiger partial charge in [0.1, 0.15) is 0 Å². The normalized spacial score (nSPS) is 12.1. The molecule has 0 saturated carbocycles. The van der Waals surface area contributed by atoms with Crippen molar-refractivity contribution in [3.05, 3.63) is 119 Å². The lowest BCUT2D eigenvalue weighted by atomic mass is 10.0. The second-order valence-corrected chi connectivity index (χ2v) is 15.5. The Morgan fingerprint density at radius 1 is 0.359 bits per heavy atom. The van der Waals surface area contributed by atoms with Crippen LogP contribution in [0, 0.1) is 0 Å². The fraction of sp³-hybridized carbons (Fsp3) is 0.333. The number of rotatable bonds is 10. The SMILES string of the molecule is CC(C)c1ccccc1P([N]P(c1ccccc1C(C)C)c1ccccc1C(C)C)c1ccccc1C(C)C. The first-order valence-corrected chi connectivity index (χ1v) is 17.0. The van der Waals surface area contributed by atoms with Gasteiger partial charge in [0.2, 0.25) is 0 Å². The first kappa shape index (κ1) is 29.7. The van der Waals surface area contributed by atoms with E-state index < -0.39 is 16.1 Å². The Labute approximate surface area is 240 Å². The van der Waals surface area contributed by atoms with Crippen LogP contribution in [0.2, 0.25) is 0 Å². The van der Waals surface area contributed by atoms with Gasteiger partial charge in [0.25, 0.3) is 0 Å². The van der Waals surface area contributed by atoms with Crippen molar-refractivity contribution in [2.24, 2.45) is 0 Å². The highest BCUT2D eigenvalue weighted by molar-refractivity contribution is 7.85. The van der Waals surface area contributed by atoms with Crippen molar-refractivity contribution >= 4 is 37.4 Å². The maximum atomic E-state index is 6.06. The van der Waals surface area contributed by atoms with E-state index in [0.717, 1.165) is 0 Å². The Balaban J connectivity index is 2.01. The van der Waals surface area contributed by atoms with Gasteiger partial charge in [-0.15, -0.1) is 0 Å². The van der Waals surface area contributed by atoms with Gasteiger partial charge in [0.15, 0.2) is 0 Å². The minimum atomic E-state index is -0.953. The van der Waals surface area contributed by atoms with Crippen LogP contribution in [0.1, 0.15) is 101 Å². The van der Waals surface area contributed by atoms with Crippen molar-refractivity contribution in [2.75, 3.05) is 0 Å². The highest BCUT2D eigenvalue weighted by Gasteiger charge is 2.30. The van der Waals surface area contributed by atoms with E-state index in [1.54, 1.807) is 0 Å². The standard InChI is InChI=1S/C36H44NP2/c1-25(2)29-17-9-13-21-33(29)38(34-22-14-10-18-30(34)26(3)4)37-39(35-23-15-11-19-31(35)27(5)6)36-24-16-12-20-32(36)28(7)8/h9-28H,1-8H3. The number of hydrogen-bond acceptors (Lipinski definition) is 0. The molecule has 0 saturated heterocycles. The largest absolute Gasteiger partial charge is 0.173 e. The van der Waals surface area contributed by atoms with Crippen LogP contribution in [0.4, 0.5) is 0 Å². The zero-order chi connectivity index (χ0) is 28.1. The van der Waals surface area contributed by atoms with E-state index in [1.807, 2.05) is 0 Å². The van der Waals surface area contributed by atoms with Gasteiger partial charge in [-0.2, -0.15) is 4.86 Å². The molecule has 0 aromatic heterocycles. The van der Waals surface area contributed by atoms with Gasteiger partial charge in [-0.25, -0.2) is 0 Å². The monoisotopic (exact) mass is 552 g/mol. The minimum Gasteiger partial charge on any atom is -0.173 e. The lowest BCUT2D eigenvalue weighted by Gasteiger charge is -2.32. The molecule has 1 radical (unpaired) electrons. The highest BCUT2D eigenvalue weighted by Crippen LogP contribution is 2.49. The molecule has 4 aromatic rings. The third kappa shape index (κ3) is 6.72.